The number of benzene rings is 1. The average Bonchev–Trinajstić information content (AvgIpc) is 2.86. The summed E-state index contributed by atoms with van der Waals surface area (Å²) in [6.45, 7) is 1.17. The first-order valence-corrected chi connectivity index (χ1v) is 7.96. The Balaban J connectivity index is 2.23. The summed E-state index contributed by atoms with van der Waals surface area (Å²) in [6.07, 6.45) is -3.60. The molecule has 1 fully saturated rings. The fourth-order valence-electron chi connectivity index (χ4n) is 2.20. The van der Waals surface area contributed by atoms with Gasteiger partial charge in [-0.15, -0.1) is 0 Å². The summed E-state index contributed by atoms with van der Waals surface area (Å²) < 4.78 is 38.4. The van der Waals surface area contributed by atoms with Gasteiger partial charge in [-0.3, -0.25) is 4.79 Å². The Kier molecular flexibility index (Phi) is 4.79. The van der Waals surface area contributed by atoms with Crippen molar-refractivity contribution in [2.45, 2.75) is 12.6 Å². The van der Waals surface area contributed by atoms with Crippen molar-refractivity contribution in [3.63, 3.8) is 0 Å². The molecule has 1 atom stereocenters. The summed E-state index contributed by atoms with van der Waals surface area (Å²) in [5, 5.41) is 0.797. The third-order valence-corrected chi connectivity index (χ3v) is 4.92. The lowest BCUT2D eigenvalue weighted by Crippen LogP contribution is -2.29. The highest BCUT2D eigenvalue weighted by molar-refractivity contribution is 9.10. The van der Waals surface area contributed by atoms with Crippen molar-refractivity contribution in [1.82, 2.24) is 4.90 Å². The Bertz CT molecular complexity index is 519. The Morgan fingerprint density at radius 1 is 1.40 bits per heavy atom. The molecule has 0 aromatic heterocycles. The molecule has 1 unspecified atom stereocenters. The zero-order valence-corrected chi connectivity index (χ0v) is 13.6. The monoisotopic (exact) mass is 413 g/mol. The maximum atomic E-state index is 12.8. The lowest BCUT2D eigenvalue weighted by molar-refractivity contribution is -0.138. The van der Waals surface area contributed by atoms with E-state index in [2.05, 4.69) is 31.9 Å². The SMILES string of the molecule is O=C(c1ccc(Br)c(C(F)(F)F)c1)N1CCC(CBr)C1. The van der Waals surface area contributed by atoms with E-state index in [1.807, 2.05) is 0 Å². The van der Waals surface area contributed by atoms with Crippen LogP contribution in [0.1, 0.15) is 22.3 Å². The Morgan fingerprint density at radius 3 is 2.65 bits per heavy atom. The van der Waals surface area contributed by atoms with Gasteiger partial charge in [-0.25, -0.2) is 0 Å². The van der Waals surface area contributed by atoms with Gasteiger partial charge in [0.25, 0.3) is 5.91 Å². The quantitative estimate of drug-likeness (QED) is 0.659. The van der Waals surface area contributed by atoms with Gasteiger partial charge >= 0.3 is 6.18 Å². The predicted octanol–water partition coefficient (Wildman–Crippen LogP) is 4.32. The number of hydrogen-bond acceptors (Lipinski definition) is 1. The zero-order chi connectivity index (χ0) is 14.9. The van der Waals surface area contributed by atoms with Gasteiger partial charge in [0.05, 0.1) is 5.56 Å². The van der Waals surface area contributed by atoms with E-state index >= 15 is 0 Å². The highest BCUT2D eigenvalue weighted by Gasteiger charge is 2.34. The van der Waals surface area contributed by atoms with E-state index in [4.69, 9.17) is 0 Å². The van der Waals surface area contributed by atoms with Crippen LogP contribution in [0, 0.1) is 5.92 Å². The van der Waals surface area contributed by atoms with Crippen LogP contribution in [0.2, 0.25) is 0 Å². The minimum absolute atomic E-state index is 0.0543. The van der Waals surface area contributed by atoms with Gasteiger partial charge in [0, 0.05) is 28.5 Å². The largest absolute Gasteiger partial charge is 0.417 e. The van der Waals surface area contributed by atoms with Gasteiger partial charge in [-0.1, -0.05) is 31.9 Å². The van der Waals surface area contributed by atoms with Crippen LogP contribution in [0.25, 0.3) is 0 Å². The zero-order valence-electron chi connectivity index (χ0n) is 10.4. The second-order valence-corrected chi connectivity index (χ2v) is 6.25. The molecule has 1 aromatic carbocycles. The van der Waals surface area contributed by atoms with Crippen LogP contribution in [0.3, 0.4) is 0 Å². The van der Waals surface area contributed by atoms with Gasteiger partial charge in [0.2, 0.25) is 0 Å². The molecule has 1 saturated heterocycles. The van der Waals surface area contributed by atoms with Crippen molar-refractivity contribution in [3.05, 3.63) is 33.8 Å². The molecule has 1 heterocycles. The van der Waals surface area contributed by atoms with Crippen molar-refractivity contribution in [2.24, 2.45) is 5.92 Å². The fourth-order valence-corrected chi connectivity index (χ4v) is 3.20. The first-order valence-electron chi connectivity index (χ1n) is 6.05. The van der Waals surface area contributed by atoms with Crippen molar-refractivity contribution in [1.29, 1.82) is 0 Å². The molecule has 110 valence electrons. The molecule has 1 aliphatic rings. The minimum atomic E-state index is -4.47. The van der Waals surface area contributed by atoms with Crippen LogP contribution in [-0.4, -0.2) is 29.2 Å². The summed E-state index contributed by atoms with van der Waals surface area (Å²) in [5.41, 5.74) is -0.740. The van der Waals surface area contributed by atoms with E-state index in [1.165, 1.54) is 12.1 Å². The number of amides is 1. The van der Waals surface area contributed by atoms with Crippen LogP contribution in [0.5, 0.6) is 0 Å². The van der Waals surface area contributed by atoms with Crippen LogP contribution < -0.4 is 0 Å². The number of rotatable bonds is 2. The summed E-state index contributed by atoms with van der Waals surface area (Å²) in [7, 11) is 0. The number of carbonyl (C=O) groups is 1. The van der Waals surface area contributed by atoms with E-state index in [1.54, 1.807) is 4.90 Å². The number of hydrogen-bond donors (Lipinski definition) is 0. The van der Waals surface area contributed by atoms with Crippen molar-refractivity contribution in [3.8, 4) is 0 Å². The van der Waals surface area contributed by atoms with Crippen LogP contribution in [0.15, 0.2) is 22.7 Å². The minimum Gasteiger partial charge on any atom is -0.338 e. The molecule has 2 nitrogen and oxygen atoms in total. The maximum absolute atomic E-state index is 12.8. The molecule has 1 aliphatic heterocycles. The number of alkyl halides is 4. The van der Waals surface area contributed by atoms with Gasteiger partial charge in [0.15, 0.2) is 0 Å². The highest BCUT2D eigenvalue weighted by Crippen LogP contribution is 2.35. The van der Waals surface area contributed by atoms with E-state index in [-0.39, 0.29) is 15.9 Å². The molecule has 0 saturated carbocycles. The third-order valence-electron chi connectivity index (χ3n) is 3.31. The smallest absolute Gasteiger partial charge is 0.338 e. The summed E-state index contributed by atoms with van der Waals surface area (Å²) in [6, 6.07) is 3.60. The molecule has 0 spiro atoms. The Hall–Kier alpha value is -0.560. The molecule has 1 aromatic rings. The van der Waals surface area contributed by atoms with Crippen LogP contribution in [0.4, 0.5) is 13.2 Å². The molecular weight excluding hydrogens is 403 g/mol. The lowest BCUT2D eigenvalue weighted by Gasteiger charge is -2.17. The Morgan fingerprint density at radius 2 is 2.10 bits per heavy atom. The normalized spacial score (nSPS) is 19.4. The van der Waals surface area contributed by atoms with Crippen LogP contribution >= 0.6 is 31.9 Å². The number of carbonyl (C=O) groups excluding carboxylic acids is 1. The van der Waals surface area contributed by atoms with Gasteiger partial charge in [0.1, 0.15) is 0 Å². The number of nitrogens with zero attached hydrogens (tertiary/aromatic N) is 1. The second kappa shape index (κ2) is 6.05. The molecule has 0 N–H and O–H groups in total. The van der Waals surface area contributed by atoms with Crippen molar-refractivity contribution < 1.29 is 18.0 Å². The third kappa shape index (κ3) is 3.36. The molecule has 2 rings (SSSR count). The first kappa shape index (κ1) is 15.8. The molecule has 1 amide bonds. The molecule has 0 aliphatic carbocycles. The molecular formula is C13H12Br2F3NO. The first-order chi connectivity index (χ1) is 9.32. The number of halogens is 5. The Labute approximate surface area is 131 Å². The topological polar surface area (TPSA) is 20.3 Å². The van der Waals surface area contributed by atoms with Gasteiger partial charge in [-0.05, 0) is 30.5 Å². The summed E-state index contributed by atoms with van der Waals surface area (Å²) in [5.74, 6) is 0.0305. The summed E-state index contributed by atoms with van der Waals surface area (Å²) in [4.78, 5) is 13.8. The average molecular weight is 415 g/mol. The van der Waals surface area contributed by atoms with Crippen LogP contribution in [-0.2, 0) is 6.18 Å². The van der Waals surface area contributed by atoms with E-state index < -0.39 is 11.7 Å². The van der Waals surface area contributed by atoms with Gasteiger partial charge < -0.3 is 4.90 Å². The second-order valence-electron chi connectivity index (χ2n) is 4.75. The summed E-state index contributed by atoms with van der Waals surface area (Å²) >= 11 is 6.23. The fraction of sp³-hybridized carbons (Fsp3) is 0.462. The van der Waals surface area contributed by atoms with E-state index in [9.17, 15) is 18.0 Å². The molecule has 0 radical (unpaired) electrons. The highest BCUT2D eigenvalue weighted by atomic mass is 79.9. The molecule has 7 heteroatoms. The lowest BCUT2D eigenvalue weighted by atomic mass is 10.1. The van der Waals surface area contributed by atoms with Gasteiger partial charge in [-0.2, -0.15) is 13.2 Å². The van der Waals surface area contributed by atoms with E-state index in [0.717, 1.165) is 17.8 Å². The molecule has 0 bridgehead atoms. The standard InChI is InChI=1S/C13H12Br2F3NO/c14-6-8-3-4-19(7-8)12(20)9-1-2-11(15)10(5-9)13(16,17)18/h1-2,5,8H,3-4,6-7H2. The maximum Gasteiger partial charge on any atom is 0.417 e. The van der Waals surface area contributed by atoms with Crippen molar-refractivity contribution in [2.75, 3.05) is 18.4 Å². The number of likely N-dealkylation sites (tertiary alicyclic amines) is 1. The predicted molar refractivity (Wildman–Crippen MR) is 76.9 cm³/mol. The van der Waals surface area contributed by atoms with Crippen molar-refractivity contribution >= 4 is 37.8 Å². The molecule has 20 heavy (non-hydrogen) atoms. The van der Waals surface area contributed by atoms with E-state index in [0.29, 0.717) is 19.0 Å².